The van der Waals surface area contributed by atoms with Gasteiger partial charge in [0.05, 0.1) is 38.8 Å². The minimum atomic E-state index is 0.0516. The van der Waals surface area contributed by atoms with Gasteiger partial charge in [0.2, 0.25) is 5.91 Å². The molecule has 2 aliphatic heterocycles. The molecular formula is C18H26N2O3. The molecule has 0 saturated carbocycles. The molecular weight excluding hydrogens is 292 g/mol. The molecule has 1 N–H and O–H groups in total. The highest BCUT2D eigenvalue weighted by Crippen LogP contribution is 2.19. The number of rotatable bonds is 5. The number of hydrogen-bond donors (Lipinski definition) is 1. The molecule has 0 aliphatic carbocycles. The van der Waals surface area contributed by atoms with E-state index in [4.69, 9.17) is 9.47 Å². The molecule has 2 heterocycles. The third-order valence-electron chi connectivity index (χ3n) is 4.76. The van der Waals surface area contributed by atoms with Crippen molar-refractivity contribution in [3.63, 3.8) is 0 Å². The fourth-order valence-electron chi connectivity index (χ4n) is 3.52. The third kappa shape index (κ3) is 4.24. The van der Waals surface area contributed by atoms with E-state index in [1.165, 1.54) is 19.3 Å². The number of piperidine rings is 1. The van der Waals surface area contributed by atoms with Crippen LogP contribution in [0, 0.1) is 0 Å². The molecule has 126 valence electrons. The van der Waals surface area contributed by atoms with E-state index in [-0.39, 0.29) is 11.9 Å². The molecule has 2 aliphatic rings. The van der Waals surface area contributed by atoms with Crippen molar-refractivity contribution in [2.75, 3.05) is 33.4 Å². The number of hydrogen-bond acceptors (Lipinski definition) is 4. The Morgan fingerprint density at radius 3 is 2.91 bits per heavy atom. The molecule has 0 radical (unpaired) electrons. The average molecular weight is 318 g/mol. The van der Waals surface area contributed by atoms with Crippen LogP contribution < -0.4 is 10.1 Å². The van der Waals surface area contributed by atoms with Gasteiger partial charge in [0.15, 0.2) is 0 Å². The summed E-state index contributed by atoms with van der Waals surface area (Å²) >= 11 is 0. The lowest BCUT2D eigenvalue weighted by Crippen LogP contribution is -2.52. The summed E-state index contributed by atoms with van der Waals surface area (Å²) in [6.07, 6.45) is 4.19. The predicted molar refractivity (Wildman–Crippen MR) is 88.7 cm³/mol. The van der Waals surface area contributed by atoms with Crippen molar-refractivity contribution in [3.05, 3.63) is 29.8 Å². The van der Waals surface area contributed by atoms with Gasteiger partial charge in [-0.15, -0.1) is 0 Å². The van der Waals surface area contributed by atoms with E-state index in [9.17, 15) is 4.79 Å². The molecule has 1 amide bonds. The lowest BCUT2D eigenvalue weighted by Gasteiger charge is -2.34. The second-order valence-corrected chi connectivity index (χ2v) is 6.40. The van der Waals surface area contributed by atoms with E-state index in [0.717, 1.165) is 31.0 Å². The Hall–Kier alpha value is -1.59. The van der Waals surface area contributed by atoms with Crippen molar-refractivity contribution in [2.24, 2.45) is 0 Å². The number of ether oxygens (including phenoxy) is 2. The van der Waals surface area contributed by atoms with Crippen LogP contribution in [-0.2, 0) is 16.0 Å². The summed E-state index contributed by atoms with van der Waals surface area (Å²) in [4.78, 5) is 14.8. The van der Waals surface area contributed by atoms with Crippen LogP contribution >= 0.6 is 0 Å². The monoisotopic (exact) mass is 318 g/mol. The highest BCUT2D eigenvalue weighted by molar-refractivity contribution is 5.79. The first kappa shape index (κ1) is 16.3. The Morgan fingerprint density at radius 2 is 2.13 bits per heavy atom. The van der Waals surface area contributed by atoms with Gasteiger partial charge in [0.1, 0.15) is 5.75 Å². The molecule has 0 bridgehead atoms. The second-order valence-electron chi connectivity index (χ2n) is 6.40. The number of carbonyl (C=O) groups is 1. The standard InChI is InChI=1S/C18H26N2O3/c1-22-15-7-5-6-14(10-15)11-18(21)19-16-12-23-13-17(16)20-8-3-2-4-9-20/h5-7,10,16-17H,2-4,8-9,11-13H2,1H3,(H,19,21)/t16-,17-/m0/s1. The molecule has 2 saturated heterocycles. The zero-order valence-electron chi connectivity index (χ0n) is 13.8. The first-order valence-electron chi connectivity index (χ1n) is 8.50. The number of amides is 1. The molecule has 0 unspecified atom stereocenters. The average Bonchev–Trinajstić information content (AvgIpc) is 3.03. The van der Waals surface area contributed by atoms with Crippen molar-refractivity contribution in [1.29, 1.82) is 0 Å². The van der Waals surface area contributed by atoms with Crippen LogP contribution in [0.4, 0.5) is 0 Å². The van der Waals surface area contributed by atoms with Crippen LogP contribution in [0.3, 0.4) is 0 Å². The van der Waals surface area contributed by atoms with Gasteiger partial charge in [0, 0.05) is 0 Å². The lowest BCUT2D eigenvalue weighted by atomic mass is 10.0. The number of nitrogens with one attached hydrogen (secondary N) is 1. The molecule has 2 fully saturated rings. The molecule has 5 heteroatoms. The zero-order chi connectivity index (χ0) is 16.1. The van der Waals surface area contributed by atoms with Crippen molar-refractivity contribution in [1.82, 2.24) is 10.2 Å². The third-order valence-corrected chi connectivity index (χ3v) is 4.76. The molecule has 1 aromatic rings. The Bertz CT molecular complexity index is 529. The van der Waals surface area contributed by atoms with Crippen LogP contribution in [0.1, 0.15) is 24.8 Å². The normalized spacial score (nSPS) is 25.3. The molecule has 3 rings (SSSR count). The van der Waals surface area contributed by atoms with E-state index in [0.29, 0.717) is 19.1 Å². The van der Waals surface area contributed by atoms with Crippen LogP contribution in [0.15, 0.2) is 24.3 Å². The van der Waals surface area contributed by atoms with E-state index < -0.39 is 0 Å². The second kappa shape index (κ2) is 7.79. The quantitative estimate of drug-likeness (QED) is 0.896. The van der Waals surface area contributed by atoms with E-state index in [1.807, 2.05) is 24.3 Å². The maximum absolute atomic E-state index is 12.4. The minimum absolute atomic E-state index is 0.0516. The van der Waals surface area contributed by atoms with Crippen LogP contribution in [-0.4, -0.2) is 56.3 Å². The summed E-state index contributed by atoms with van der Waals surface area (Å²) in [6.45, 7) is 3.59. The Kier molecular flexibility index (Phi) is 5.51. The first-order chi connectivity index (χ1) is 11.3. The Morgan fingerprint density at radius 1 is 1.30 bits per heavy atom. The predicted octanol–water partition coefficient (Wildman–Crippen LogP) is 1.61. The summed E-state index contributed by atoms with van der Waals surface area (Å²) in [7, 11) is 1.64. The van der Waals surface area contributed by atoms with Gasteiger partial charge in [0.25, 0.3) is 0 Å². The van der Waals surface area contributed by atoms with Gasteiger partial charge < -0.3 is 14.8 Å². The Labute approximate surface area is 137 Å². The minimum Gasteiger partial charge on any atom is -0.497 e. The molecule has 1 aromatic carbocycles. The summed E-state index contributed by atoms with van der Waals surface area (Å²) in [5.74, 6) is 0.835. The van der Waals surface area contributed by atoms with Crippen molar-refractivity contribution in [2.45, 2.75) is 37.8 Å². The summed E-state index contributed by atoms with van der Waals surface area (Å²) in [5.41, 5.74) is 0.968. The van der Waals surface area contributed by atoms with E-state index in [1.54, 1.807) is 7.11 Å². The van der Waals surface area contributed by atoms with Crippen LogP contribution in [0.25, 0.3) is 0 Å². The molecule has 5 nitrogen and oxygen atoms in total. The fourth-order valence-corrected chi connectivity index (χ4v) is 3.52. The van der Waals surface area contributed by atoms with Crippen LogP contribution in [0.2, 0.25) is 0 Å². The molecule has 0 spiro atoms. The van der Waals surface area contributed by atoms with Gasteiger partial charge in [-0.2, -0.15) is 0 Å². The smallest absolute Gasteiger partial charge is 0.224 e. The van der Waals surface area contributed by atoms with Gasteiger partial charge in [-0.25, -0.2) is 0 Å². The number of carbonyl (C=O) groups excluding carboxylic acids is 1. The summed E-state index contributed by atoms with van der Waals surface area (Å²) in [5, 5.41) is 3.17. The summed E-state index contributed by atoms with van der Waals surface area (Å²) in [6, 6.07) is 8.09. The Balaban J connectivity index is 1.55. The summed E-state index contributed by atoms with van der Waals surface area (Å²) < 4.78 is 10.8. The van der Waals surface area contributed by atoms with Gasteiger partial charge in [-0.3, -0.25) is 9.69 Å². The maximum atomic E-state index is 12.4. The fraction of sp³-hybridized carbons (Fsp3) is 0.611. The van der Waals surface area contributed by atoms with Gasteiger partial charge in [-0.1, -0.05) is 18.6 Å². The van der Waals surface area contributed by atoms with E-state index in [2.05, 4.69) is 10.2 Å². The topological polar surface area (TPSA) is 50.8 Å². The number of nitrogens with zero attached hydrogens (tertiary/aromatic N) is 1. The molecule has 2 atom stereocenters. The molecule has 0 aromatic heterocycles. The highest BCUT2D eigenvalue weighted by atomic mass is 16.5. The lowest BCUT2D eigenvalue weighted by molar-refractivity contribution is -0.121. The molecule has 23 heavy (non-hydrogen) atoms. The largest absolute Gasteiger partial charge is 0.497 e. The highest BCUT2D eigenvalue weighted by Gasteiger charge is 2.34. The maximum Gasteiger partial charge on any atom is 0.224 e. The van der Waals surface area contributed by atoms with Gasteiger partial charge in [-0.05, 0) is 43.6 Å². The first-order valence-corrected chi connectivity index (χ1v) is 8.50. The van der Waals surface area contributed by atoms with Crippen LogP contribution in [0.5, 0.6) is 5.75 Å². The number of benzene rings is 1. The van der Waals surface area contributed by atoms with Crippen molar-refractivity contribution in [3.8, 4) is 5.75 Å². The number of likely N-dealkylation sites (tertiary alicyclic amines) is 1. The van der Waals surface area contributed by atoms with Gasteiger partial charge >= 0.3 is 0 Å². The van der Waals surface area contributed by atoms with Crippen molar-refractivity contribution >= 4 is 5.91 Å². The van der Waals surface area contributed by atoms with E-state index >= 15 is 0 Å². The number of methoxy groups -OCH3 is 1. The zero-order valence-corrected chi connectivity index (χ0v) is 13.8. The SMILES string of the molecule is COc1cccc(CC(=O)N[C@H]2COC[C@@H]2N2CCCCC2)c1. The van der Waals surface area contributed by atoms with Crippen molar-refractivity contribution < 1.29 is 14.3 Å².